The first-order valence-electron chi connectivity index (χ1n) is 8.51. The van der Waals surface area contributed by atoms with Crippen molar-refractivity contribution in [1.29, 1.82) is 0 Å². The third-order valence-corrected chi connectivity index (χ3v) is 4.17. The van der Waals surface area contributed by atoms with Gasteiger partial charge in [0.15, 0.2) is 5.78 Å². The van der Waals surface area contributed by atoms with Crippen molar-refractivity contribution in [1.82, 2.24) is 10.3 Å². The molecule has 140 valence electrons. The number of Topliss-reactive ketones (excluding diaryl/α,β-unsaturated/α-hetero) is 1. The van der Waals surface area contributed by atoms with Crippen LogP contribution in [0.5, 0.6) is 0 Å². The minimum Gasteiger partial charge on any atom is -0.359 e. The molecule has 1 amide bonds. The average Bonchev–Trinajstić information content (AvgIpc) is 2.60. The van der Waals surface area contributed by atoms with E-state index < -0.39 is 0 Å². The Balaban J connectivity index is 0.000000294. The summed E-state index contributed by atoms with van der Waals surface area (Å²) >= 11 is 0. The molecule has 1 atom stereocenters. The van der Waals surface area contributed by atoms with Crippen molar-refractivity contribution in [3.63, 3.8) is 0 Å². The van der Waals surface area contributed by atoms with Crippen LogP contribution in [0.1, 0.15) is 45.1 Å². The number of aromatic nitrogens is 1. The first-order valence-corrected chi connectivity index (χ1v) is 8.51. The third kappa shape index (κ3) is 6.39. The number of amides is 1. The van der Waals surface area contributed by atoms with Crippen molar-refractivity contribution in [2.75, 3.05) is 7.05 Å². The van der Waals surface area contributed by atoms with Gasteiger partial charge in [-0.15, -0.1) is 0 Å². The van der Waals surface area contributed by atoms with Gasteiger partial charge in [0.2, 0.25) is 5.91 Å². The summed E-state index contributed by atoms with van der Waals surface area (Å²) in [7, 11) is 1.67. The molecule has 5 heteroatoms. The molecule has 1 unspecified atom stereocenters. The summed E-state index contributed by atoms with van der Waals surface area (Å²) in [5.74, 6) is -0.212. The van der Waals surface area contributed by atoms with Crippen LogP contribution in [0.25, 0.3) is 11.3 Å². The lowest BCUT2D eigenvalue weighted by atomic mass is 9.81. The first kappa shape index (κ1) is 21.5. The molecule has 1 aromatic carbocycles. The fourth-order valence-electron chi connectivity index (χ4n) is 2.05. The molecule has 26 heavy (non-hydrogen) atoms. The molecule has 0 bridgehead atoms. The highest BCUT2D eigenvalue weighted by Gasteiger charge is 2.25. The number of pyridine rings is 1. The predicted molar refractivity (Wildman–Crippen MR) is 102 cm³/mol. The Morgan fingerprint density at radius 2 is 1.73 bits per heavy atom. The Hall–Kier alpha value is -2.56. The van der Waals surface area contributed by atoms with E-state index >= 15 is 0 Å². The summed E-state index contributed by atoms with van der Waals surface area (Å²) in [5.41, 5.74) is 1.73. The number of nitrogens with zero attached hydrogens (tertiary/aromatic N) is 1. The van der Waals surface area contributed by atoms with E-state index in [1.54, 1.807) is 37.4 Å². The maximum absolute atomic E-state index is 13.0. The molecular formula is C21H27FN2O2. The fraction of sp³-hybridized carbons (Fsp3) is 0.381. The van der Waals surface area contributed by atoms with Crippen molar-refractivity contribution in [3.8, 4) is 11.3 Å². The van der Waals surface area contributed by atoms with Crippen molar-refractivity contribution in [3.05, 3.63) is 54.0 Å². The lowest BCUT2D eigenvalue weighted by molar-refractivity contribution is -0.126. The van der Waals surface area contributed by atoms with Crippen molar-refractivity contribution in [2.45, 2.75) is 34.6 Å². The molecule has 2 rings (SSSR count). The molecule has 4 nitrogen and oxygen atoms in total. The SMILES string of the molecule is CC(=O)c1cccc(-c2cccc(F)c2)n1.CNC(=O)C(C)C(C)(C)C. The quantitative estimate of drug-likeness (QED) is 0.822. The Morgan fingerprint density at radius 1 is 1.12 bits per heavy atom. The lowest BCUT2D eigenvalue weighted by Gasteiger charge is -2.25. The highest BCUT2D eigenvalue weighted by atomic mass is 19.1. The van der Waals surface area contributed by atoms with Crippen molar-refractivity contribution >= 4 is 11.7 Å². The maximum atomic E-state index is 13.0. The highest BCUT2D eigenvalue weighted by molar-refractivity contribution is 5.92. The zero-order valence-electron chi connectivity index (χ0n) is 16.3. The lowest BCUT2D eigenvalue weighted by Crippen LogP contribution is -2.33. The van der Waals surface area contributed by atoms with Gasteiger partial charge < -0.3 is 5.32 Å². The van der Waals surface area contributed by atoms with Crippen LogP contribution < -0.4 is 5.32 Å². The van der Waals surface area contributed by atoms with E-state index in [0.29, 0.717) is 17.0 Å². The summed E-state index contributed by atoms with van der Waals surface area (Å²) in [4.78, 5) is 26.4. The third-order valence-electron chi connectivity index (χ3n) is 4.17. The number of carbonyl (C=O) groups excluding carboxylic acids is 2. The van der Waals surface area contributed by atoms with Gasteiger partial charge in [-0.2, -0.15) is 0 Å². The van der Waals surface area contributed by atoms with E-state index in [0.717, 1.165) is 0 Å². The number of halogens is 1. The number of benzene rings is 1. The standard InChI is InChI=1S/C13H10FNO.C8H17NO/c1-9(16)12-6-3-7-13(15-12)10-4-2-5-11(14)8-10;1-6(7(10)9-5)8(2,3)4/h2-8H,1H3;6H,1-5H3,(H,9,10). The molecule has 0 radical (unpaired) electrons. The van der Waals surface area contributed by atoms with Gasteiger partial charge >= 0.3 is 0 Å². The van der Waals surface area contributed by atoms with Crippen LogP contribution in [-0.4, -0.2) is 23.7 Å². The van der Waals surface area contributed by atoms with Gasteiger partial charge in [0.25, 0.3) is 0 Å². The summed E-state index contributed by atoms with van der Waals surface area (Å²) in [6, 6.07) is 11.3. The van der Waals surface area contributed by atoms with Gasteiger partial charge in [0, 0.05) is 25.5 Å². The van der Waals surface area contributed by atoms with Crippen LogP contribution in [0.15, 0.2) is 42.5 Å². The maximum Gasteiger partial charge on any atom is 0.223 e. The van der Waals surface area contributed by atoms with Crippen LogP contribution in [0.4, 0.5) is 4.39 Å². The first-order chi connectivity index (χ1) is 12.1. The smallest absolute Gasteiger partial charge is 0.223 e. The Kier molecular flexibility index (Phi) is 7.62. The Labute approximate surface area is 154 Å². The summed E-state index contributed by atoms with van der Waals surface area (Å²) in [5, 5.41) is 2.63. The van der Waals surface area contributed by atoms with Gasteiger partial charge in [-0.3, -0.25) is 9.59 Å². The van der Waals surface area contributed by atoms with E-state index in [-0.39, 0.29) is 28.8 Å². The van der Waals surface area contributed by atoms with E-state index in [1.807, 2.05) is 6.92 Å². The molecule has 0 spiro atoms. The molecular weight excluding hydrogens is 331 g/mol. The number of ketones is 1. The topological polar surface area (TPSA) is 59.1 Å². The second-order valence-corrected chi connectivity index (χ2v) is 7.18. The molecule has 1 heterocycles. The predicted octanol–water partition coefficient (Wildman–Crippen LogP) is 4.50. The van der Waals surface area contributed by atoms with E-state index in [1.165, 1.54) is 19.1 Å². The molecule has 0 aliphatic rings. The van der Waals surface area contributed by atoms with Crippen LogP contribution in [-0.2, 0) is 4.79 Å². The van der Waals surface area contributed by atoms with Gasteiger partial charge in [0.1, 0.15) is 11.5 Å². The minimum absolute atomic E-state index is 0.0695. The monoisotopic (exact) mass is 358 g/mol. The van der Waals surface area contributed by atoms with E-state index in [4.69, 9.17) is 0 Å². The summed E-state index contributed by atoms with van der Waals surface area (Å²) in [6.07, 6.45) is 0. The zero-order chi connectivity index (χ0) is 19.9. The highest BCUT2D eigenvalue weighted by Crippen LogP contribution is 2.24. The van der Waals surface area contributed by atoms with Crippen molar-refractivity contribution < 1.29 is 14.0 Å². The normalized spacial score (nSPS) is 11.8. The summed E-state index contributed by atoms with van der Waals surface area (Å²) in [6.45, 7) is 9.59. The van der Waals surface area contributed by atoms with Crippen LogP contribution in [0.3, 0.4) is 0 Å². The Morgan fingerprint density at radius 3 is 2.19 bits per heavy atom. The van der Waals surface area contributed by atoms with Crippen LogP contribution in [0, 0.1) is 17.2 Å². The second-order valence-electron chi connectivity index (χ2n) is 7.18. The molecule has 1 N–H and O–H groups in total. The number of hydrogen-bond acceptors (Lipinski definition) is 3. The molecule has 0 saturated carbocycles. The number of rotatable bonds is 3. The Bertz CT molecular complexity index is 767. The number of hydrogen-bond donors (Lipinski definition) is 1. The van der Waals surface area contributed by atoms with Gasteiger partial charge in [0.05, 0.1) is 5.69 Å². The molecule has 2 aromatic rings. The molecule has 0 aliphatic heterocycles. The molecule has 0 saturated heterocycles. The van der Waals surface area contributed by atoms with Crippen molar-refractivity contribution in [2.24, 2.45) is 11.3 Å². The van der Waals surface area contributed by atoms with Gasteiger partial charge in [-0.1, -0.05) is 45.9 Å². The molecule has 0 aliphatic carbocycles. The fourth-order valence-corrected chi connectivity index (χ4v) is 2.05. The zero-order valence-corrected chi connectivity index (χ0v) is 16.3. The van der Waals surface area contributed by atoms with E-state index in [9.17, 15) is 14.0 Å². The van der Waals surface area contributed by atoms with Gasteiger partial charge in [-0.05, 0) is 29.7 Å². The molecule has 1 aromatic heterocycles. The largest absolute Gasteiger partial charge is 0.359 e. The minimum atomic E-state index is -0.312. The number of nitrogens with one attached hydrogen (secondary N) is 1. The molecule has 0 fully saturated rings. The average molecular weight is 358 g/mol. The number of carbonyl (C=O) groups is 2. The van der Waals surface area contributed by atoms with E-state index in [2.05, 4.69) is 31.1 Å². The summed E-state index contributed by atoms with van der Waals surface area (Å²) < 4.78 is 13.0. The van der Waals surface area contributed by atoms with Crippen LogP contribution >= 0.6 is 0 Å². The van der Waals surface area contributed by atoms with Gasteiger partial charge in [-0.25, -0.2) is 9.37 Å². The second kappa shape index (κ2) is 9.22. The van der Waals surface area contributed by atoms with Crippen LogP contribution in [0.2, 0.25) is 0 Å².